The highest BCUT2D eigenvalue weighted by Crippen LogP contribution is 2.28. The van der Waals surface area contributed by atoms with Crippen LogP contribution in [0.1, 0.15) is 30.9 Å². The van der Waals surface area contributed by atoms with Gasteiger partial charge in [0, 0.05) is 10.9 Å². The Morgan fingerprint density at radius 3 is 2.56 bits per heavy atom. The van der Waals surface area contributed by atoms with Crippen LogP contribution in [0.2, 0.25) is 0 Å². The summed E-state index contributed by atoms with van der Waals surface area (Å²) < 4.78 is 0.924. The fraction of sp³-hybridized carbons (Fsp3) is 0.417. The van der Waals surface area contributed by atoms with Gasteiger partial charge in [-0.15, -0.1) is 0 Å². The van der Waals surface area contributed by atoms with Crippen LogP contribution in [0.15, 0.2) is 16.6 Å². The minimum Gasteiger partial charge on any atom is -0.507 e. The maximum absolute atomic E-state index is 10.4. The van der Waals surface area contributed by atoms with E-state index in [-0.39, 0.29) is 6.42 Å². The van der Waals surface area contributed by atoms with E-state index in [1.807, 2.05) is 19.1 Å². The zero-order valence-corrected chi connectivity index (χ0v) is 10.7. The van der Waals surface area contributed by atoms with Gasteiger partial charge in [0.05, 0.1) is 0 Å². The molecule has 16 heavy (non-hydrogen) atoms. The monoisotopic (exact) mass is 286 g/mol. The molecule has 3 nitrogen and oxygen atoms in total. The minimum atomic E-state index is -0.801. The molecule has 0 atom stereocenters. The topological polar surface area (TPSA) is 57.5 Å². The summed E-state index contributed by atoms with van der Waals surface area (Å²) >= 11 is 3.38. The molecule has 88 valence electrons. The SMILES string of the molecule is CCc1cc(Br)cc(CCCC(=O)O)c1O. The highest BCUT2D eigenvalue weighted by molar-refractivity contribution is 9.10. The van der Waals surface area contributed by atoms with E-state index in [4.69, 9.17) is 5.11 Å². The second kappa shape index (κ2) is 5.89. The largest absolute Gasteiger partial charge is 0.507 e. The summed E-state index contributed by atoms with van der Waals surface area (Å²) in [5.41, 5.74) is 1.70. The summed E-state index contributed by atoms with van der Waals surface area (Å²) in [6.45, 7) is 1.97. The van der Waals surface area contributed by atoms with E-state index in [1.54, 1.807) is 0 Å². The van der Waals surface area contributed by atoms with Crippen LogP contribution < -0.4 is 0 Å². The molecule has 4 heteroatoms. The number of benzene rings is 1. The molecule has 0 bridgehead atoms. The first kappa shape index (κ1) is 13.0. The molecule has 0 heterocycles. The third-order valence-electron chi connectivity index (χ3n) is 2.45. The maximum atomic E-state index is 10.4. The summed E-state index contributed by atoms with van der Waals surface area (Å²) in [4.78, 5) is 10.4. The van der Waals surface area contributed by atoms with Crippen LogP contribution in [0, 0.1) is 0 Å². The third-order valence-corrected chi connectivity index (χ3v) is 2.91. The van der Waals surface area contributed by atoms with E-state index >= 15 is 0 Å². The van der Waals surface area contributed by atoms with Crippen molar-refractivity contribution in [2.75, 3.05) is 0 Å². The number of rotatable bonds is 5. The van der Waals surface area contributed by atoms with Crippen molar-refractivity contribution in [1.82, 2.24) is 0 Å². The molecule has 0 unspecified atom stereocenters. The van der Waals surface area contributed by atoms with E-state index in [2.05, 4.69) is 15.9 Å². The van der Waals surface area contributed by atoms with Crippen molar-refractivity contribution in [3.63, 3.8) is 0 Å². The minimum absolute atomic E-state index is 0.132. The van der Waals surface area contributed by atoms with Crippen LogP contribution in [-0.4, -0.2) is 16.2 Å². The Balaban J connectivity index is 2.78. The van der Waals surface area contributed by atoms with Crippen LogP contribution in [-0.2, 0) is 17.6 Å². The number of aromatic hydroxyl groups is 1. The Labute approximate surface area is 103 Å². The van der Waals surface area contributed by atoms with Gasteiger partial charge in [-0.05, 0) is 42.5 Å². The lowest BCUT2D eigenvalue weighted by Crippen LogP contribution is -1.97. The van der Waals surface area contributed by atoms with Gasteiger partial charge in [-0.3, -0.25) is 4.79 Å². The summed E-state index contributed by atoms with van der Waals surface area (Å²) in [6, 6.07) is 3.73. The van der Waals surface area contributed by atoms with Crippen LogP contribution in [0.25, 0.3) is 0 Å². The van der Waals surface area contributed by atoms with Crippen molar-refractivity contribution in [3.8, 4) is 5.75 Å². The first-order valence-corrected chi connectivity index (χ1v) is 6.06. The second-order valence-corrected chi connectivity index (χ2v) is 4.59. The lowest BCUT2D eigenvalue weighted by atomic mass is 10.0. The van der Waals surface area contributed by atoms with Crippen molar-refractivity contribution in [1.29, 1.82) is 0 Å². The van der Waals surface area contributed by atoms with Gasteiger partial charge in [0.25, 0.3) is 0 Å². The zero-order chi connectivity index (χ0) is 12.1. The molecule has 1 rings (SSSR count). The van der Waals surface area contributed by atoms with Gasteiger partial charge >= 0.3 is 5.97 Å². The maximum Gasteiger partial charge on any atom is 0.303 e. The number of carbonyl (C=O) groups is 1. The Hall–Kier alpha value is -1.03. The molecule has 1 aromatic carbocycles. The Morgan fingerprint density at radius 2 is 2.00 bits per heavy atom. The molecule has 1 aromatic rings. The standard InChI is InChI=1S/C12H15BrO3/c1-2-8-6-10(13)7-9(12(8)16)4-3-5-11(14)15/h6-7,16H,2-5H2,1H3,(H,14,15). The van der Waals surface area contributed by atoms with E-state index in [9.17, 15) is 9.90 Å². The Kier molecular flexibility index (Phi) is 4.80. The molecule has 0 aromatic heterocycles. The zero-order valence-electron chi connectivity index (χ0n) is 9.16. The molecule has 0 aliphatic carbocycles. The molecule has 0 amide bonds. The fourth-order valence-corrected chi connectivity index (χ4v) is 2.16. The number of halogens is 1. The summed E-state index contributed by atoms with van der Waals surface area (Å²) in [5, 5.41) is 18.5. The highest BCUT2D eigenvalue weighted by atomic mass is 79.9. The summed E-state index contributed by atoms with van der Waals surface area (Å²) in [6.07, 6.45) is 2.03. The first-order chi connectivity index (χ1) is 7.54. The molecule has 0 fully saturated rings. The molecule has 0 aliphatic heterocycles. The number of aliphatic carboxylic acids is 1. The average molecular weight is 287 g/mol. The van der Waals surface area contributed by atoms with Crippen LogP contribution in [0.3, 0.4) is 0 Å². The van der Waals surface area contributed by atoms with Gasteiger partial charge in [0.15, 0.2) is 0 Å². The van der Waals surface area contributed by atoms with E-state index < -0.39 is 5.97 Å². The number of phenolic OH excluding ortho intramolecular Hbond substituents is 1. The normalized spacial score (nSPS) is 10.4. The van der Waals surface area contributed by atoms with Crippen LogP contribution in [0.5, 0.6) is 5.75 Å². The van der Waals surface area contributed by atoms with Crippen molar-refractivity contribution in [2.45, 2.75) is 32.6 Å². The molecule has 0 saturated carbocycles. The Morgan fingerprint density at radius 1 is 1.38 bits per heavy atom. The van der Waals surface area contributed by atoms with Gasteiger partial charge in [-0.2, -0.15) is 0 Å². The van der Waals surface area contributed by atoms with Crippen molar-refractivity contribution in [2.24, 2.45) is 0 Å². The number of carboxylic acids is 1. The number of aryl methyl sites for hydroxylation is 2. The molecule has 2 N–H and O–H groups in total. The quantitative estimate of drug-likeness (QED) is 0.874. The van der Waals surface area contributed by atoms with Gasteiger partial charge in [-0.1, -0.05) is 22.9 Å². The molecule has 0 spiro atoms. The molecule has 0 radical (unpaired) electrons. The van der Waals surface area contributed by atoms with Gasteiger partial charge in [-0.25, -0.2) is 0 Å². The van der Waals surface area contributed by atoms with Crippen LogP contribution >= 0.6 is 15.9 Å². The number of carboxylic acid groups (broad SMARTS) is 1. The second-order valence-electron chi connectivity index (χ2n) is 3.67. The number of hydrogen-bond acceptors (Lipinski definition) is 2. The smallest absolute Gasteiger partial charge is 0.303 e. The first-order valence-electron chi connectivity index (χ1n) is 5.26. The highest BCUT2D eigenvalue weighted by Gasteiger charge is 2.08. The molecular weight excluding hydrogens is 272 g/mol. The fourth-order valence-electron chi connectivity index (χ4n) is 1.61. The summed E-state index contributed by atoms with van der Waals surface area (Å²) in [7, 11) is 0. The average Bonchev–Trinajstić information content (AvgIpc) is 2.22. The molecule has 0 aliphatic rings. The predicted octanol–water partition coefficient (Wildman–Crippen LogP) is 3.12. The van der Waals surface area contributed by atoms with Crippen molar-refractivity contribution in [3.05, 3.63) is 27.7 Å². The Bertz CT molecular complexity index is 388. The van der Waals surface area contributed by atoms with Crippen molar-refractivity contribution < 1.29 is 15.0 Å². The van der Waals surface area contributed by atoms with E-state index in [1.165, 1.54) is 0 Å². The number of phenols is 1. The third kappa shape index (κ3) is 3.52. The number of hydrogen-bond donors (Lipinski definition) is 2. The van der Waals surface area contributed by atoms with Gasteiger partial charge in [0.2, 0.25) is 0 Å². The van der Waals surface area contributed by atoms with Gasteiger partial charge in [0.1, 0.15) is 5.75 Å². The molecule has 0 saturated heterocycles. The van der Waals surface area contributed by atoms with E-state index in [0.717, 1.165) is 22.0 Å². The van der Waals surface area contributed by atoms with Gasteiger partial charge < -0.3 is 10.2 Å². The van der Waals surface area contributed by atoms with E-state index in [0.29, 0.717) is 18.6 Å². The van der Waals surface area contributed by atoms with Crippen molar-refractivity contribution >= 4 is 21.9 Å². The molecular formula is C12H15BrO3. The van der Waals surface area contributed by atoms with Crippen LogP contribution in [0.4, 0.5) is 0 Å². The predicted molar refractivity (Wildman–Crippen MR) is 65.8 cm³/mol. The lowest BCUT2D eigenvalue weighted by Gasteiger charge is -2.09. The lowest BCUT2D eigenvalue weighted by molar-refractivity contribution is -0.137. The summed E-state index contributed by atoms with van der Waals surface area (Å²) in [5.74, 6) is -0.499.